The molecule has 1 aromatic rings. The Balaban J connectivity index is 2.44. The highest BCUT2D eigenvalue weighted by molar-refractivity contribution is 5.50. The van der Waals surface area contributed by atoms with E-state index in [-0.39, 0.29) is 6.04 Å². The van der Waals surface area contributed by atoms with E-state index in [0.717, 1.165) is 29.9 Å². The van der Waals surface area contributed by atoms with Crippen molar-refractivity contribution in [2.45, 2.75) is 31.7 Å². The van der Waals surface area contributed by atoms with Crippen LogP contribution in [0.25, 0.3) is 0 Å². The molecule has 1 aliphatic carbocycles. The van der Waals surface area contributed by atoms with Crippen molar-refractivity contribution < 1.29 is 9.47 Å². The normalized spacial score (nSPS) is 16.7. The van der Waals surface area contributed by atoms with E-state index in [0.29, 0.717) is 0 Å². The number of benzene rings is 1. The van der Waals surface area contributed by atoms with Crippen LogP contribution in [-0.2, 0) is 0 Å². The van der Waals surface area contributed by atoms with Crippen LogP contribution in [0.5, 0.6) is 11.5 Å². The zero-order valence-corrected chi connectivity index (χ0v) is 11.6. The van der Waals surface area contributed by atoms with E-state index in [1.54, 1.807) is 14.2 Å². The van der Waals surface area contributed by atoms with Gasteiger partial charge < -0.3 is 9.47 Å². The van der Waals surface area contributed by atoms with Gasteiger partial charge >= 0.3 is 0 Å². The first-order valence-corrected chi connectivity index (χ1v) is 6.67. The minimum absolute atomic E-state index is 0.0496. The van der Waals surface area contributed by atoms with Crippen LogP contribution >= 0.6 is 0 Å². The second-order valence-electron chi connectivity index (χ2n) is 4.70. The molecule has 0 bridgehead atoms. The number of hydrogen-bond donors (Lipinski definition) is 2. The minimum atomic E-state index is -0.0496. The lowest BCUT2D eigenvalue weighted by molar-refractivity contribution is 0.375. The Labute approximate surface area is 114 Å². The quantitative estimate of drug-likeness (QED) is 0.486. The maximum atomic E-state index is 5.78. The molecule has 19 heavy (non-hydrogen) atoms. The van der Waals surface area contributed by atoms with Gasteiger partial charge in [0.05, 0.1) is 25.8 Å². The highest BCUT2D eigenvalue weighted by atomic mass is 16.5. The maximum absolute atomic E-state index is 5.78. The van der Waals surface area contributed by atoms with Crippen LogP contribution in [0.1, 0.15) is 37.3 Å². The molecule has 4 heteroatoms. The zero-order valence-electron chi connectivity index (χ0n) is 11.6. The standard InChI is InChI=1S/C15H22N2O2/c1-18-12-9-6-10-13(19-2)14(12)15(17-16)11-7-4-3-5-8-11/h6-7,9-10,15,17H,3-5,8,16H2,1-2H3. The largest absolute Gasteiger partial charge is 0.496 e. The van der Waals surface area contributed by atoms with E-state index < -0.39 is 0 Å². The molecule has 1 aromatic carbocycles. The van der Waals surface area contributed by atoms with E-state index in [1.165, 1.54) is 18.4 Å². The molecule has 0 amide bonds. The molecule has 0 fully saturated rings. The van der Waals surface area contributed by atoms with Crippen molar-refractivity contribution in [1.29, 1.82) is 0 Å². The summed E-state index contributed by atoms with van der Waals surface area (Å²) in [5, 5.41) is 0. The molecule has 0 spiro atoms. The van der Waals surface area contributed by atoms with Gasteiger partial charge in [0.1, 0.15) is 11.5 Å². The van der Waals surface area contributed by atoms with Gasteiger partial charge in [0.15, 0.2) is 0 Å². The van der Waals surface area contributed by atoms with Crippen molar-refractivity contribution in [2.75, 3.05) is 14.2 Å². The predicted molar refractivity (Wildman–Crippen MR) is 76.2 cm³/mol. The van der Waals surface area contributed by atoms with Crippen molar-refractivity contribution in [1.82, 2.24) is 5.43 Å². The Bertz CT molecular complexity index is 435. The van der Waals surface area contributed by atoms with Crippen LogP contribution in [0.15, 0.2) is 29.8 Å². The monoisotopic (exact) mass is 262 g/mol. The van der Waals surface area contributed by atoms with Crippen LogP contribution < -0.4 is 20.7 Å². The average Bonchev–Trinajstić information content (AvgIpc) is 2.49. The fourth-order valence-corrected chi connectivity index (χ4v) is 2.67. The Hall–Kier alpha value is -1.52. The number of allylic oxidation sites excluding steroid dienone is 1. The molecule has 0 aliphatic heterocycles. The Morgan fingerprint density at radius 2 is 1.84 bits per heavy atom. The summed E-state index contributed by atoms with van der Waals surface area (Å²) in [6.45, 7) is 0. The topological polar surface area (TPSA) is 56.5 Å². The van der Waals surface area contributed by atoms with Gasteiger partial charge in [0.2, 0.25) is 0 Å². The van der Waals surface area contributed by atoms with Gasteiger partial charge in [-0.15, -0.1) is 0 Å². The lowest BCUT2D eigenvalue weighted by atomic mass is 9.89. The molecule has 3 N–H and O–H groups in total. The van der Waals surface area contributed by atoms with Gasteiger partial charge in [0.25, 0.3) is 0 Å². The molecule has 0 radical (unpaired) electrons. The summed E-state index contributed by atoms with van der Waals surface area (Å²) in [6.07, 6.45) is 6.92. The lowest BCUT2D eigenvalue weighted by Crippen LogP contribution is -2.30. The van der Waals surface area contributed by atoms with Crippen molar-refractivity contribution in [3.63, 3.8) is 0 Å². The van der Waals surface area contributed by atoms with Gasteiger partial charge in [-0.1, -0.05) is 17.7 Å². The number of hydrogen-bond acceptors (Lipinski definition) is 4. The fraction of sp³-hybridized carbons (Fsp3) is 0.467. The van der Waals surface area contributed by atoms with E-state index in [1.807, 2.05) is 18.2 Å². The van der Waals surface area contributed by atoms with E-state index in [4.69, 9.17) is 15.3 Å². The summed E-state index contributed by atoms with van der Waals surface area (Å²) in [6, 6.07) is 5.74. The fourth-order valence-electron chi connectivity index (χ4n) is 2.67. The third-order valence-electron chi connectivity index (χ3n) is 3.62. The first kappa shape index (κ1) is 13.9. The molecule has 1 aliphatic rings. The van der Waals surface area contributed by atoms with Gasteiger partial charge in [-0.3, -0.25) is 5.84 Å². The number of ether oxygens (including phenoxy) is 2. The van der Waals surface area contributed by atoms with E-state index in [2.05, 4.69) is 11.5 Å². The smallest absolute Gasteiger partial charge is 0.127 e. The van der Waals surface area contributed by atoms with Crippen molar-refractivity contribution >= 4 is 0 Å². The Kier molecular flexibility index (Phi) is 4.82. The highest BCUT2D eigenvalue weighted by Crippen LogP contribution is 2.39. The van der Waals surface area contributed by atoms with Crippen LogP contribution in [0.4, 0.5) is 0 Å². The zero-order chi connectivity index (χ0) is 13.7. The summed E-state index contributed by atoms with van der Waals surface area (Å²) < 4.78 is 10.9. The number of methoxy groups -OCH3 is 2. The van der Waals surface area contributed by atoms with Crippen molar-refractivity contribution in [3.05, 3.63) is 35.4 Å². The summed E-state index contributed by atoms with van der Waals surface area (Å²) in [7, 11) is 3.34. The van der Waals surface area contributed by atoms with Gasteiger partial charge in [-0.05, 0) is 37.8 Å². The highest BCUT2D eigenvalue weighted by Gasteiger charge is 2.24. The molecule has 1 unspecified atom stereocenters. The molecule has 0 saturated carbocycles. The van der Waals surface area contributed by atoms with E-state index in [9.17, 15) is 0 Å². The number of nitrogens with two attached hydrogens (primary N) is 1. The third kappa shape index (κ3) is 2.91. The number of rotatable bonds is 5. The number of nitrogens with one attached hydrogen (secondary N) is 1. The molecule has 0 heterocycles. The first-order valence-electron chi connectivity index (χ1n) is 6.67. The first-order chi connectivity index (χ1) is 9.31. The van der Waals surface area contributed by atoms with Crippen molar-refractivity contribution in [2.24, 2.45) is 5.84 Å². The second kappa shape index (κ2) is 6.59. The van der Waals surface area contributed by atoms with Crippen LogP contribution in [0, 0.1) is 0 Å². The Morgan fingerprint density at radius 3 is 2.32 bits per heavy atom. The van der Waals surface area contributed by atoms with Gasteiger partial charge in [0, 0.05) is 0 Å². The Morgan fingerprint density at radius 1 is 1.16 bits per heavy atom. The molecule has 2 rings (SSSR count). The predicted octanol–water partition coefficient (Wildman–Crippen LogP) is 2.71. The molecular formula is C15H22N2O2. The molecule has 1 atom stereocenters. The summed E-state index contributed by atoms with van der Waals surface area (Å²) in [4.78, 5) is 0. The summed E-state index contributed by atoms with van der Waals surface area (Å²) in [5.74, 6) is 7.38. The van der Waals surface area contributed by atoms with Gasteiger partial charge in [-0.2, -0.15) is 0 Å². The molecule has 0 aromatic heterocycles. The minimum Gasteiger partial charge on any atom is -0.496 e. The summed E-state index contributed by atoms with van der Waals surface area (Å²) in [5.41, 5.74) is 5.20. The average molecular weight is 262 g/mol. The van der Waals surface area contributed by atoms with Gasteiger partial charge in [-0.25, -0.2) is 5.43 Å². The summed E-state index contributed by atoms with van der Waals surface area (Å²) >= 11 is 0. The third-order valence-corrected chi connectivity index (χ3v) is 3.62. The molecule has 104 valence electrons. The van der Waals surface area contributed by atoms with Crippen LogP contribution in [-0.4, -0.2) is 14.2 Å². The number of hydrazine groups is 1. The second-order valence-corrected chi connectivity index (χ2v) is 4.70. The molecular weight excluding hydrogens is 240 g/mol. The van der Waals surface area contributed by atoms with E-state index >= 15 is 0 Å². The van der Waals surface area contributed by atoms with Crippen molar-refractivity contribution in [3.8, 4) is 11.5 Å². The maximum Gasteiger partial charge on any atom is 0.127 e. The SMILES string of the molecule is COc1cccc(OC)c1C(NN)C1=CCCCC1. The lowest BCUT2D eigenvalue weighted by Gasteiger charge is -2.26. The molecule has 4 nitrogen and oxygen atoms in total. The van der Waals surface area contributed by atoms with Crippen LogP contribution in [0.2, 0.25) is 0 Å². The molecule has 0 saturated heterocycles. The van der Waals surface area contributed by atoms with Crippen LogP contribution in [0.3, 0.4) is 0 Å².